The van der Waals surface area contributed by atoms with Crippen LogP contribution >= 0.6 is 11.8 Å². The Morgan fingerprint density at radius 2 is 2.03 bits per heavy atom. The van der Waals surface area contributed by atoms with E-state index in [-0.39, 0.29) is 17.8 Å². The van der Waals surface area contributed by atoms with E-state index < -0.39 is 0 Å². The molecule has 0 spiro atoms. The second-order valence-corrected chi connectivity index (χ2v) is 8.18. The Labute approximate surface area is 178 Å². The summed E-state index contributed by atoms with van der Waals surface area (Å²) in [5, 5.41) is 12.4. The summed E-state index contributed by atoms with van der Waals surface area (Å²) in [4.78, 5) is 16.6. The van der Waals surface area contributed by atoms with Gasteiger partial charge in [-0.25, -0.2) is 0 Å². The number of nitrogens with one attached hydrogen (secondary N) is 1. The number of pyridine rings is 1. The molecule has 1 fully saturated rings. The maximum atomic E-state index is 12.4. The molecule has 1 atom stereocenters. The largest absolute Gasteiger partial charge is 0.486 e. The van der Waals surface area contributed by atoms with Gasteiger partial charge >= 0.3 is 0 Å². The molecule has 30 heavy (non-hydrogen) atoms. The van der Waals surface area contributed by atoms with E-state index in [0.29, 0.717) is 24.9 Å². The standard InChI is InChI=1S/C21H21N5O3S/c27-19(23-11-16-12-28-17-5-1-2-6-18(17)29-16)13-30-21-25-24-20(26(21)15-7-8-15)14-4-3-9-22-10-14/h1-6,9-10,15-16H,7-8,11-13H2,(H,23,27)/t16-/m0/s1. The lowest BCUT2D eigenvalue weighted by Gasteiger charge is -2.26. The van der Waals surface area contributed by atoms with Crippen molar-refractivity contribution in [3.05, 3.63) is 48.8 Å². The van der Waals surface area contributed by atoms with E-state index in [9.17, 15) is 4.79 Å². The smallest absolute Gasteiger partial charge is 0.230 e. The fraction of sp³-hybridized carbons (Fsp3) is 0.333. The van der Waals surface area contributed by atoms with Gasteiger partial charge in [0, 0.05) is 24.0 Å². The van der Waals surface area contributed by atoms with E-state index in [2.05, 4.69) is 25.1 Å². The Kier molecular flexibility index (Phi) is 5.27. The summed E-state index contributed by atoms with van der Waals surface area (Å²) < 4.78 is 13.7. The van der Waals surface area contributed by atoms with Crippen LogP contribution in [-0.4, -0.2) is 50.7 Å². The molecule has 1 aromatic carbocycles. The average molecular weight is 423 g/mol. The van der Waals surface area contributed by atoms with Crippen LogP contribution in [0.1, 0.15) is 18.9 Å². The first-order valence-electron chi connectivity index (χ1n) is 9.91. The molecule has 3 aromatic rings. The number of amides is 1. The number of thioether (sulfide) groups is 1. The summed E-state index contributed by atoms with van der Waals surface area (Å²) in [6.07, 6.45) is 5.52. The molecule has 3 heterocycles. The molecule has 154 valence electrons. The van der Waals surface area contributed by atoms with E-state index in [1.807, 2.05) is 36.4 Å². The minimum atomic E-state index is -0.207. The Morgan fingerprint density at radius 3 is 2.83 bits per heavy atom. The van der Waals surface area contributed by atoms with E-state index in [4.69, 9.17) is 9.47 Å². The molecular weight excluding hydrogens is 402 g/mol. The van der Waals surface area contributed by atoms with Crippen LogP contribution in [-0.2, 0) is 4.79 Å². The topological polar surface area (TPSA) is 91.2 Å². The van der Waals surface area contributed by atoms with Crippen molar-refractivity contribution in [3.63, 3.8) is 0 Å². The Bertz CT molecular complexity index is 1040. The van der Waals surface area contributed by atoms with Crippen molar-refractivity contribution in [3.8, 4) is 22.9 Å². The first kappa shape index (κ1) is 18.9. The summed E-state index contributed by atoms with van der Waals surface area (Å²) in [5.74, 6) is 2.44. The second kappa shape index (κ2) is 8.35. The number of aromatic nitrogens is 4. The monoisotopic (exact) mass is 423 g/mol. The quantitative estimate of drug-likeness (QED) is 0.584. The lowest BCUT2D eigenvalue weighted by atomic mass is 10.2. The minimum absolute atomic E-state index is 0.0734. The van der Waals surface area contributed by atoms with Gasteiger partial charge < -0.3 is 14.8 Å². The van der Waals surface area contributed by atoms with Gasteiger partial charge in [-0.05, 0) is 37.1 Å². The molecular formula is C21H21N5O3S. The summed E-state index contributed by atoms with van der Waals surface area (Å²) in [6.45, 7) is 0.804. The molecule has 0 radical (unpaired) electrons. The van der Waals surface area contributed by atoms with Gasteiger partial charge in [0.05, 0.1) is 12.3 Å². The highest BCUT2D eigenvalue weighted by molar-refractivity contribution is 7.99. The number of carbonyl (C=O) groups is 1. The number of benzene rings is 1. The average Bonchev–Trinajstić information content (AvgIpc) is 3.55. The lowest BCUT2D eigenvalue weighted by Crippen LogP contribution is -2.41. The molecule has 0 saturated heterocycles. The summed E-state index contributed by atoms with van der Waals surface area (Å²) in [7, 11) is 0. The van der Waals surface area contributed by atoms with Crippen LogP contribution < -0.4 is 14.8 Å². The van der Waals surface area contributed by atoms with Gasteiger partial charge in [0.2, 0.25) is 5.91 Å². The van der Waals surface area contributed by atoms with Gasteiger partial charge in [-0.2, -0.15) is 0 Å². The minimum Gasteiger partial charge on any atom is -0.486 e. The Balaban J connectivity index is 1.17. The van der Waals surface area contributed by atoms with Gasteiger partial charge in [0.15, 0.2) is 22.5 Å². The van der Waals surface area contributed by atoms with Gasteiger partial charge in [-0.15, -0.1) is 10.2 Å². The maximum Gasteiger partial charge on any atom is 0.230 e. The molecule has 1 N–H and O–H groups in total. The molecule has 1 aliphatic carbocycles. The van der Waals surface area contributed by atoms with Crippen molar-refractivity contribution in [1.29, 1.82) is 0 Å². The Morgan fingerprint density at radius 1 is 1.17 bits per heavy atom. The molecule has 8 nitrogen and oxygen atoms in total. The van der Waals surface area contributed by atoms with Crippen LogP contribution in [0.2, 0.25) is 0 Å². The van der Waals surface area contributed by atoms with Gasteiger partial charge in [-0.1, -0.05) is 23.9 Å². The van der Waals surface area contributed by atoms with E-state index in [0.717, 1.165) is 35.1 Å². The zero-order valence-corrected chi connectivity index (χ0v) is 17.0. The highest BCUT2D eigenvalue weighted by Gasteiger charge is 2.30. The number of nitrogens with zero attached hydrogens (tertiary/aromatic N) is 4. The molecule has 1 amide bonds. The molecule has 2 aliphatic rings. The molecule has 2 aromatic heterocycles. The van der Waals surface area contributed by atoms with Crippen LogP contribution in [0, 0.1) is 0 Å². The van der Waals surface area contributed by atoms with Crippen LogP contribution in [0.3, 0.4) is 0 Å². The second-order valence-electron chi connectivity index (χ2n) is 7.24. The predicted octanol–water partition coefficient (Wildman–Crippen LogP) is 2.72. The van der Waals surface area contributed by atoms with Gasteiger partial charge in [0.25, 0.3) is 0 Å². The fourth-order valence-electron chi connectivity index (χ4n) is 3.30. The van der Waals surface area contributed by atoms with Crippen LogP contribution in [0.15, 0.2) is 53.9 Å². The van der Waals surface area contributed by atoms with E-state index in [1.165, 1.54) is 11.8 Å². The van der Waals surface area contributed by atoms with Crippen LogP contribution in [0.4, 0.5) is 0 Å². The summed E-state index contributed by atoms with van der Waals surface area (Å²) >= 11 is 1.40. The number of fused-ring (bicyclic) bond motifs is 1. The van der Waals surface area contributed by atoms with Gasteiger partial charge in [0.1, 0.15) is 12.7 Å². The number of para-hydroxylation sites is 2. The maximum absolute atomic E-state index is 12.4. The predicted molar refractivity (Wildman–Crippen MR) is 112 cm³/mol. The molecule has 1 aliphatic heterocycles. The molecule has 9 heteroatoms. The van der Waals surface area contributed by atoms with Crippen molar-refractivity contribution in [2.45, 2.75) is 30.1 Å². The number of hydrogen-bond donors (Lipinski definition) is 1. The fourth-order valence-corrected chi connectivity index (χ4v) is 4.14. The third-order valence-electron chi connectivity index (χ3n) is 4.92. The normalized spacial score (nSPS) is 17.5. The number of rotatable bonds is 7. The van der Waals surface area contributed by atoms with Crippen molar-refractivity contribution in [1.82, 2.24) is 25.1 Å². The zero-order chi connectivity index (χ0) is 20.3. The van der Waals surface area contributed by atoms with E-state index in [1.54, 1.807) is 12.4 Å². The number of ether oxygens (including phenoxy) is 2. The van der Waals surface area contributed by atoms with Gasteiger partial charge in [-0.3, -0.25) is 14.3 Å². The first-order valence-corrected chi connectivity index (χ1v) is 10.9. The third-order valence-corrected chi connectivity index (χ3v) is 5.87. The van der Waals surface area contributed by atoms with E-state index >= 15 is 0 Å². The molecule has 5 rings (SSSR count). The number of hydrogen-bond acceptors (Lipinski definition) is 7. The highest BCUT2D eigenvalue weighted by Crippen LogP contribution is 2.40. The van der Waals surface area contributed by atoms with Crippen LogP contribution in [0.5, 0.6) is 11.5 Å². The van der Waals surface area contributed by atoms with Crippen molar-refractivity contribution in [2.75, 3.05) is 18.9 Å². The Hall–Kier alpha value is -3.07. The first-order chi connectivity index (χ1) is 14.8. The zero-order valence-electron chi connectivity index (χ0n) is 16.2. The highest BCUT2D eigenvalue weighted by atomic mass is 32.2. The third kappa shape index (κ3) is 4.11. The lowest BCUT2D eigenvalue weighted by molar-refractivity contribution is -0.119. The van der Waals surface area contributed by atoms with Crippen molar-refractivity contribution in [2.24, 2.45) is 0 Å². The summed E-state index contributed by atoms with van der Waals surface area (Å²) in [6, 6.07) is 11.8. The van der Waals surface area contributed by atoms with Crippen molar-refractivity contribution < 1.29 is 14.3 Å². The molecule has 0 unspecified atom stereocenters. The molecule has 1 saturated carbocycles. The van der Waals surface area contributed by atoms with Crippen molar-refractivity contribution >= 4 is 17.7 Å². The number of carbonyl (C=O) groups excluding carboxylic acids is 1. The van der Waals surface area contributed by atoms with Crippen LogP contribution in [0.25, 0.3) is 11.4 Å². The SMILES string of the molecule is O=C(CSc1nnc(-c2cccnc2)n1C1CC1)NC[C@H]1COc2ccccc2O1. The summed E-state index contributed by atoms with van der Waals surface area (Å²) in [5.41, 5.74) is 0.933. The molecule has 0 bridgehead atoms.